The molecule has 1 rings (SSSR count). The van der Waals surface area contributed by atoms with Gasteiger partial charge in [-0.15, -0.1) is 0 Å². The highest BCUT2D eigenvalue weighted by molar-refractivity contribution is 5.61. The lowest BCUT2D eigenvalue weighted by molar-refractivity contribution is 0.416. The van der Waals surface area contributed by atoms with Gasteiger partial charge in [0.25, 0.3) is 0 Å². The van der Waals surface area contributed by atoms with Gasteiger partial charge in [0.2, 0.25) is 0 Å². The van der Waals surface area contributed by atoms with Crippen LogP contribution in [-0.2, 0) is 0 Å². The molecular weight excluding hydrogens is 207 g/mol. The van der Waals surface area contributed by atoms with Crippen LogP contribution < -0.4 is 15.8 Å². The lowest BCUT2D eigenvalue weighted by Gasteiger charge is -2.06. The molecule has 4 heteroatoms. The minimum atomic E-state index is -0.334. The van der Waals surface area contributed by atoms with E-state index in [1.54, 1.807) is 12.1 Å². The number of rotatable bonds is 5. The second-order valence-electron chi connectivity index (χ2n) is 3.41. The molecule has 1 aromatic carbocycles. The molecule has 88 valence electrons. The number of benzene rings is 1. The standard InChI is InChI=1S/C12H17FN2O/c1-15-6-4-3-5-9-7-12(16-2)11(14)8-10(9)13/h3,5,7-8,15H,4,6,14H2,1-2H3. The predicted molar refractivity (Wildman–Crippen MR) is 64.9 cm³/mol. The van der Waals surface area contributed by atoms with E-state index in [1.807, 2.05) is 13.1 Å². The molecule has 0 spiro atoms. The average Bonchev–Trinajstić information content (AvgIpc) is 2.27. The third kappa shape index (κ3) is 3.24. The van der Waals surface area contributed by atoms with Crippen LogP contribution in [0.25, 0.3) is 6.08 Å². The second kappa shape index (κ2) is 6.12. The monoisotopic (exact) mass is 224 g/mol. The summed E-state index contributed by atoms with van der Waals surface area (Å²) in [4.78, 5) is 0. The fourth-order valence-corrected chi connectivity index (χ4v) is 1.33. The van der Waals surface area contributed by atoms with Crippen LogP contribution in [0.4, 0.5) is 10.1 Å². The van der Waals surface area contributed by atoms with Crippen molar-refractivity contribution in [2.75, 3.05) is 26.4 Å². The number of nitrogen functional groups attached to an aromatic ring is 1. The van der Waals surface area contributed by atoms with Gasteiger partial charge in [0.05, 0.1) is 12.8 Å². The van der Waals surface area contributed by atoms with Gasteiger partial charge in [-0.1, -0.05) is 12.2 Å². The quantitative estimate of drug-likeness (QED) is 0.594. The minimum absolute atomic E-state index is 0.312. The molecule has 0 aromatic heterocycles. The Labute approximate surface area is 95.1 Å². The van der Waals surface area contributed by atoms with Gasteiger partial charge < -0.3 is 15.8 Å². The van der Waals surface area contributed by atoms with Crippen LogP contribution in [0.3, 0.4) is 0 Å². The van der Waals surface area contributed by atoms with Crippen molar-refractivity contribution in [1.29, 1.82) is 0 Å². The summed E-state index contributed by atoms with van der Waals surface area (Å²) < 4.78 is 18.5. The van der Waals surface area contributed by atoms with Crippen molar-refractivity contribution < 1.29 is 9.13 Å². The number of anilines is 1. The molecule has 3 nitrogen and oxygen atoms in total. The summed E-state index contributed by atoms with van der Waals surface area (Å²) in [5.41, 5.74) is 6.38. The molecule has 0 bridgehead atoms. The van der Waals surface area contributed by atoms with Crippen LogP contribution in [-0.4, -0.2) is 20.7 Å². The van der Waals surface area contributed by atoms with Gasteiger partial charge >= 0.3 is 0 Å². The van der Waals surface area contributed by atoms with Crippen molar-refractivity contribution >= 4 is 11.8 Å². The van der Waals surface area contributed by atoms with E-state index in [0.717, 1.165) is 13.0 Å². The number of hydrogen-bond acceptors (Lipinski definition) is 3. The van der Waals surface area contributed by atoms with Crippen LogP contribution in [0.15, 0.2) is 18.2 Å². The topological polar surface area (TPSA) is 47.3 Å². The van der Waals surface area contributed by atoms with E-state index in [-0.39, 0.29) is 5.82 Å². The van der Waals surface area contributed by atoms with Gasteiger partial charge in [0.15, 0.2) is 0 Å². The molecule has 0 unspecified atom stereocenters. The first kappa shape index (κ1) is 12.5. The molecule has 0 saturated carbocycles. The summed E-state index contributed by atoms with van der Waals surface area (Å²) in [6.45, 7) is 0.865. The van der Waals surface area contributed by atoms with Crippen molar-refractivity contribution in [2.24, 2.45) is 0 Å². The van der Waals surface area contributed by atoms with Gasteiger partial charge in [-0.25, -0.2) is 4.39 Å². The Morgan fingerprint density at radius 2 is 2.25 bits per heavy atom. The molecule has 0 fully saturated rings. The highest BCUT2D eigenvalue weighted by Crippen LogP contribution is 2.25. The van der Waals surface area contributed by atoms with E-state index >= 15 is 0 Å². The van der Waals surface area contributed by atoms with E-state index < -0.39 is 0 Å². The molecule has 0 radical (unpaired) electrons. The normalized spacial score (nSPS) is 10.9. The van der Waals surface area contributed by atoms with Crippen molar-refractivity contribution in [3.05, 3.63) is 29.6 Å². The molecule has 0 aliphatic heterocycles. The lowest BCUT2D eigenvalue weighted by atomic mass is 10.1. The third-order valence-corrected chi connectivity index (χ3v) is 2.21. The third-order valence-electron chi connectivity index (χ3n) is 2.21. The molecule has 1 aromatic rings. The number of methoxy groups -OCH3 is 1. The summed E-state index contributed by atoms with van der Waals surface area (Å²) in [7, 11) is 3.39. The number of ether oxygens (including phenoxy) is 1. The number of hydrogen-bond donors (Lipinski definition) is 2. The van der Waals surface area contributed by atoms with Crippen molar-refractivity contribution in [3.63, 3.8) is 0 Å². The summed E-state index contributed by atoms with van der Waals surface area (Å²) in [6, 6.07) is 2.87. The van der Waals surface area contributed by atoms with Gasteiger partial charge in [-0.3, -0.25) is 0 Å². The Kier molecular flexibility index (Phi) is 4.79. The average molecular weight is 224 g/mol. The van der Waals surface area contributed by atoms with Crippen molar-refractivity contribution in [2.45, 2.75) is 6.42 Å². The Balaban J connectivity index is 2.83. The zero-order valence-electron chi connectivity index (χ0n) is 9.59. The smallest absolute Gasteiger partial charge is 0.142 e. The molecule has 0 aliphatic carbocycles. The van der Waals surface area contributed by atoms with Gasteiger partial charge in [-0.05, 0) is 26.1 Å². The molecule has 0 saturated heterocycles. The molecule has 0 heterocycles. The molecule has 3 N–H and O–H groups in total. The summed E-state index contributed by atoms with van der Waals surface area (Å²) in [5, 5.41) is 3.01. The highest BCUT2D eigenvalue weighted by Gasteiger charge is 2.05. The Morgan fingerprint density at radius 3 is 2.88 bits per heavy atom. The number of nitrogens with one attached hydrogen (secondary N) is 1. The van der Waals surface area contributed by atoms with E-state index in [9.17, 15) is 4.39 Å². The Hall–Kier alpha value is -1.55. The maximum absolute atomic E-state index is 13.5. The lowest BCUT2D eigenvalue weighted by Crippen LogP contribution is -2.05. The fraction of sp³-hybridized carbons (Fsp3) is 0.333. The largest absolute Gasteiger partial charge is 0.495 e. The van der Waals surface area contributed by atoms with E-state index in [2.05, 4.69) is 5.32 Å². The van der Waals surface area contributed by atoms with Crippen LogP contribution in [0, 0.1) is 5.82 Å². The summed E-state index contributed by atoms with van der Waals surface area (Å²) in [5.74, 6) is 0.161. The molecular formula is C12H17FN2O. The molecule has 16 heavy (non-hydrogen) atoms. The fourth-order valence-electron chi connectivity index (χ4n) is 1.33. The Bertz CT molecular complexity index is 378. The van der Waals surface area contributed by atoms with Gasteiger partial charge in [0, 0.05) is 11.6 Å². The Morgan fingerprint density at radius 1 is 1.50 bits per heavy atom. The van der Waals surface area contributed by atoms with E-state index in [4.69, 9.17) is 10.5 Å². The van der Waals surface area contributed by atoms with Crippen LogP contribution in [0.2, 0.25) is 0 Å². The molecule has 0 aliphatic rings. The predicted octanol–water partition coefficient (Wildman–Crippen LogP) is 2.04. The van der Waals surface area contributed by atoms with Gasteiger partial charge in [-0.2, -0.15) is 0 Å². The van der Waals surface area contributed by atoms with Crippen molar-refractivity contribution in [3.8, 4) is 5.75 Å². The minimum Gasteiger partial charge on any atom is -0.495 e. The van der Waals surface area contributed by atoms with Crippen LogP contribution in [0.5, 0.6) is 5.75 Å². The maximum atomic E-state index is 13.5. The zero-order valence-corrected chi connectivity index (χ0v) is 9.59. The summed E-state index contributed by atoms with van der Waals surface area (Å²) >= 11 is 0. The van der Waals surface area contributed by atoms with Crippen molar-refractivity contribution in [1.82, 2.24) is 5.32 Å². The molecule has 0 amide bonds. The summed E-state index contributed by atoms with van der Waals surface area (Å²) in [6.07, 6.45) is 4.49. The first-order chi connectivity index (χ1) is 7.69. The first-order valence-corrected chi connectivity index (χ1v) is 5.13. The van der Waals surface area contributed by atoms with Crippen LogP contribution >= 0.6 is 0 Å². The van der Waals surface area contributed by atoms with Crippen LogP contribution in [0.1, 0.15) is 12.0 Å². The molecule has 0 atom stereocenters. The van der Waals surface area contributed by atoms with Gasteiger partial charge in [0.1, 0.15) is 11.6 Å². The van der Waals surface area contributed by atoms with E-state index in [1.165, 1.54) is 13.2 Å². The first-order valence-electron chi connectivity index (χ1n) is 5.13. The zero-order chi connectivity index (χ0) is 12.0. The number of nitrogens with two attached hydrogens (primary N) is 1. The SMILES string of the molecule is CNCCC=Cc1cc(OC)c(N)cc1F. The second-order valence-corrected chi connectivity index (χ2v) is 3.41. The maximum Gasteiger partial charge on any atom is 0.142 e. The highest BCUT2D eigenvalue weighted by atomic mass is 19.1. The van der Waals surface area contributed by atoms with E-state index in [0.29, 0.717) is 17.0 Å². The number of halogens is 1.